The van der Waals surface area contributed by atoms with Gasteiger partial charge < -0.3 is 15.4 Å². The maximum atomic E-state index is 12.2. The number of carbonyl (C=O) groups is 1. The summed E-state index contributed by atoms with van der Waals surface area (Å²) in [6.07, 6.45) is 5.06. The van der Waals surface area contributed by atoms with Crippen LogP contribution in [-0.2, 0) is 7.05 Å². The van der Waals surface area contributed by atoms with E-state index in [0.717, 1.165) is 22.4 Å². The number of aryl methyl sites for hydroxylation is 2. The Hall–Kier alpha value is -3.35. The molecule has 7 nitrogen and oxygen atoms in total. The Kier molecular flexibility index (Phi) is 4.65. The second-order valence-electron chi connectivity index (χ2n) is 5.60. The Morgan fingerprint density at radius 1 is 1.12 bits per heavy atom. The average molecular weight is 337 g/mol. The molecule has 0 saturated heterocycles. The summed E-state index contributed by atoms with van der Waals surface area (Å²) in [5, 5.41) is 9.64. The highest BCUT2D eigenvalue weighted by Crippen LogP contribution is 2.26. The van der Waals surface area contributed by atoms with E-state index in [2.05, 4.69) is 20.7 Å². The first-order valence-corrected chi connectivity index (χ1v) is 7.73. The van der Waals surface area contributed by atoms with Crippen LogP contribution < -0.4 is 15.4 Å². The summed E-state index contributed by atoms with van der Waals surface area (Å²) in [5.74, 6) is 0.560. The zero-order valence-electron chi connectivity index (χ0n) is 14.3. The van der Waals surface area contributed by atoms with Gasteiger partial charge in [0.1, 0.15) is 0 Å². The molecule has 2 heterocycles. The van der Waals surface area contributed by atoms with Gasteiger partial charge in [-0.25, -0.2) is 9.78 Å². The second kappa shape index (κ2) is 7.04. The number of anilines is 2. The molecule has 7 heteroatoms. The largest absolute Gasteiger partial charge is 0.481 e. The van der Waals surface area contributed by atoms with E-state index in [1.165, 1.54) is 0 Å². The van der Waals surface area contributed by atoms with Gasteiger partial charge >= 0.3 is 6.03 Å². The summed E-state index contributed by atoms with van der Waals surface area (Å²) in [5.41, 5.74) is 4.23. The number of benzene rings is 1. The summed E-state index contributed by atoms with van der Waals surface area (Å²) in [4.78, 5) is 16.4. The molecule has 0 aliphatic rings. The molecule has 2 amide bonds. The Bertz CT molecular complexity index is 887. The molecule has 128 valence electrons. The van der Waals surface area contributed by atoms with Gasteiger partial charge in [0.05, 0.1) is 19.0 Å². The molecule has 3 rings (SSSR count). The molecule has 0 atom stereocenters. The van der Waals surface area contributed by atoms with Gasteiger partial charge in [0.2, 0.25) is 5.88 Å². The third-order valence-corrected chi connectivity index (χ3v) is 3.73. The van der Waals surface area contributed by atoms with E-state index < -0.39 is 0 Å². The van der Waals surface area contributed by atoms with Gasteiger partial charge in [-0.2, -0.15) is 5.10 Å². The number of urea groups is 1. The Morgan fingerprint density at radius 2 is 1.92 bits per heavy atom. The Labute approximate surface area is 145 Å². The van der Waals surface area contributed by atoms with Crippen LogP contribution in [0, 0.1) is 6.92 Å². The lowest BCUT2D eigenvalue weighted by Crippen LogP contribution is -2.19. The molecule has 0 aliphatic carbocycles. The number of hydrogen-bond donors (Lipinski definition) is 2. The molecule has 0 spiro atoms. The van der Waals surface area contributed by atoms with Gasteiger partial charge in [-0.1, -0.05) is 12.1 Å². The van der Waals surface area contributed by atoms with Crippen LogP contribution in [0.2, 0.25) is 0 Å². The first-order chi connectivity index (χ1) is 12.0. The molecule has 2 aromatic heterocycles. The van der Waals surface area contributed by atoms with Crippen molar-refractivity contribution in [2.45, 2.75) is 6.92 Å². The van der Waals surface area contributed by atoms with Crippen molar-refractivity contribution in [3.8, 4) is 17.0 Å². The van der Waals surface area contributed by atoms with Crippen LogP contribution in [0.4, 0.5) is 16.2 Å². The topological polar surface area (TPSA) is 81.1 Å². The van der Waals surface area contributed by atoms with Crippen molar-refractivity contribution >= 4 is 17.4 Å². The van der Waals surface area contributed by atoms with Crippen LogP contribution in [0.1, 0.15) is 5.56 Å². The molecule has 0 radical (unpaired) electrons. The number of methoxy groups -OCH3 is 1. The van der Waals surface area contributed by atoms with E-state index in [0.29, 0.717) is 11.6 Å². The van der Waals surface area contributed by atoms with Crippen molar-refractivity contribution in [3.05, 3.63) is 54.5 Å². The summed E-state index contributed by atoms with van der Waals surface area (Å²) >= 11 is 0. The van der Waals surface area contributed by atoms with E-state index in [1.807, 2.05) is 31.2 Å². The number of nitrogens with zero attached hydrogens (tertiary/aromatic N) is 3. The predicted octanol–water partition coefficient (Wildman–Crippen LogP) is 3.44. The summed E-state index contributed by atoms with van der Waals surface area (Å²) in [6.45, 7) is 1.94. The summed E-state index contributed by atoms with van der Waals surface area (Å²) < 4.78 is 6.70. The number of aromatic nitrogens is 3. The molecular formula is C18H19N5O2. The third kappa shape index (κ3) is 3.95. The Balaban J connectivity index is 1.77. The Morgan fingerprint density at radius 3 is 2.56 bits per heavy atom. The van der Waals surface area contributed by atoms with Gasteiger partial charge in [-0.05, 0) is 30.2 Å². The van der Waals surface area contributed by atoms with Crippen molar-refractivity contribution in [2.24, 2.45) is 7.05 Å². The van der Waals surface area contributed by atoms with E-state index in [-0.39, 0.29) is 6.03 Å². The molecule has 3 aromatic rings. The van der Waals surface area contributed by atoms with Crippen LogP contribution in [0.15, 0.2) is 48.9 Å². The molecular weight excluding hydrogens is 318 g/mol. The van der Waals surface area contributed by atoms with Crippen molar-refractivity contribution in [3.63, 3.8) is 0 Å². The van der Waals surface area contributed by atoms with Crippen molar-refractivity contribution in [1.29, 1.82) is 0 Å². The van der Waals surface area contributed by atoms with Crippen LogP contribution >= 0.6 is 0 Å². The first-order valence-electron chi connectivity index (χ1n) is 7.73. The number of hydrogen-bond acceptors (Lipinski definition) is 4. The number of carbonyl (C=O) groups excluding carboxylic acids is 1. The van der Waals surface area contributed by atoms with Crippen molar-refractivity contribution in [1.82, 2.24) is 14.8 Å². The van der Waals surface area contributed by atoms with Gasteiger partial charge in [0.25, 0.3) is 0 Å². The zero-order chi connectivity index (χ0) is 17.8. The third-order valence-electron chi connectivity index (χ3n) is 3.73. The van der Waals surface area contributed by atoms with Crippen molar-refractivity contribution in [2.75, 3.05) is 17.7 Å². The highest BCUT2D eigenvalue weighted by molar-refractivity contribution is 6.00. The number of amides is 2. The SMILES string of the molecule is COc1ccc(-c2ccc(C)c(NC(=O)Nc3cnn(C)c3)c2)cn1. The van der Waals surface area contributed by atoms with E-state index >= 15 is 0 Å². The zero-order valence-corrected chi connectivity index (χ0v) is 14.3. The highest BCUT2D eigenvalue weighted by Gasteiger charge is 2.08. The molecule has 0 unspecified atom stereocenters. The second-order valence-corrected chi connectivity index (χ2v) is 5.60. The lowest BCUT2D eigenvalue weighted by Gasteiger charge is -2.11. The fraction of sp³-hybridized carbons (Fsp3) is 0.167. The number of nitrogens with one attached hydrogen (secondary N) is 2. The van der Waals surface area contributed by atoms with Crippen LogP contribution in [-0.4, -0.2) is 27.9 Å². The maximum absolute atomic E-state index is 12.2. The van der Waals surface area contributed by atoms with Crippen molar-refractivity contribution < 1.29 is 9.53 Å². The van der Waals surface area contributed by atoms with Gasteiger partial charge in [0, 0.05) is 36.8 Å². The highest BCUT2D eigenvalue weighted by atomic mass is 16.5. The molecule has 25 heavy (non-hydrogen) atoms. The molecule has 0 aliphatic heterocycles. The standard InChI is InChI=1S/C18H19N5O2/c1-12-4-5-13(14-6-7-17(25-3)19-9-14)8-16(12)22-18(24)21-15-10-20-23(2)11-15/h4-11H,1-3H3,(H2,21,22,24). The normalized spacial score (nSPS) is 10.4. The number of pyridine rings is 1. The van der Waals surface area contributed by atoms with Gasteiger partial charge in [-0.15, -0.1) is 0 Å². The fourth-order valence-electron chi connectivity index (χ4n) is 2.38. The predicted molar refractivity (Wildman–Crippen MR) is 96.8 cm³/mol. The van der Waals surface area contributed by atoms with E-state index in [9.17, 15) is 4.79 Å². The fourth-order valence-corrected chi connectivity index (χ4v) is 2.38. The minimum absolute atomic E-state index is 0.318. The summed E-state index contributed by atoms with van der Waals surface area (Å²) in [7, 11) is 3.37. The van der Waals surface area contributed by atoms with Gasteiger partial charge in [0.15, 0.2) is 0 Å². The van der Waals surface area contributed by atoms with E-state index in [4.69, 9.17) is 4.74 Å². The molecule has 1 aromatic carbocycles. The minimum Gasteiger partial charge on any atom is -0.481 e. The lowest BCUT2D eigenvalue weighted by atomic mass is 10.0. The average Bonchev–Trinajstić information content (AvgIpc) is 3.01. The molecule has 0 bridgehead atoms. The first kappa shape index (κ1) is 16.5. The monoisotopic (exact) mass is 337 g/mol. The van der Waals surface area contributed by atoms with Crippen LogP contribution in [0.3, 0.4) is 0 Å². The molecule has 2 N–H and O–H groups in total. The summed E-state index contributed by atoms with van der Waals surface area (Å²) in [6, 6.07) is 9.28. The van der Waals surface area contributed by atoms with Crippen LogP contribution in [0.25, 0.3) is 11.1 Å². The maximum Gasteiger partial charge on any atom is 0.323 e. The number of ether oxygens (including phenoxy) is 1. The smallest absolute Gasteiger partial charge is 0.323 e. The molecule has 0 saturated carbocycles. The van der Waals surface area contributed by atoms with Gasteiger partial charge in [-0.3, -0.25) is 4.68 Å². The number of rotatable bonds is 4. The molecule has 0 fully saturated rings. The quantitative estimate of drug-likeness (QED) is 0.764. The lowest BCUT2D eigenvalue weighted by molar-refractivity contribution is 0.262. The van der Waals surface area contributed by atoms with Crippen LogP contribution in [0.5, 0.6) is 5.88 Å². The minimum atomic E-state index is -0.318. The van der Waals surface area contributed by atoms with E-state index in [1.54, 1.807) is 43.5 Å².